The highest BCUT2D eigenvalue weighted by Gasteiger charge is 2.37. The summed E-state index contributed by atoms with van der Waals surface area (Å²) in [6.45, 7) is 3.94. The third-order valence-corrected chi connectivity index (χ3v) is 7.35. The first-order chi connectivity index (χ1) is 15.1. The van der Waals surface area contributed by atoms with Gasteiger partial charge in [-0.3, -0.25) is 4.79 Å². The molecular formula is C22H30N4O5S. The van der Waals surface area contributed by atoms with Gasteiger partial charge in [0.2, 0.25) is 15.9 Å². The van der Waals surface area contributed by atoms with Gasteiger partial charge >= 0.3 is 0 Å². The number of benzene rings is 1. The zero-order chi connectivity index (χ0) is 23.5. The van der Waals surface area contributed by atoms with Crippen LogP contribution in [0, 0.1) is 19.8 Å². The molecule has 174 valence electrons. The molecule has 1 aliphatic heterocycles. The minimum Gasteiger partial charge on any atom is -0.495 e. The van der Waals surface area contributed by atoms with E-state index in [4.69, 9.17) is 9.26 Å². The minimum atomic E-state index is -3.88. The van der Waals surface area contributed by atoms with Crippen LogP contribution in [0.25, 0.3) is 6.08 Å². The lowest BCUT2D eigenvalue weighted by molar-refractivity contribution is -0.120. The number of aryl methyl sites for hydroxylation is 2. The highest BCUT2D eigenvalue weighted by Crippen LogP contribution is 2.31. The summed E-state index contributed by atoms with van der Waals surface area (Å²) in [5.41, 5.74) is 1.85. The standard InChI is InChI=1S/C22H30N4O5S/c1-15-8-9-19(30-5)18(13-15)23-22(27)17-7-6-11-26(14-17)32(28,29)21-16(2)24-31-20(21)10-12-25(3)4/h8-10,12-13,17H,6-7,11,14H2,1-5H3,(H,23,27)/b12-10+/t17-/m0/s1. The van der Waals surface area contributed by atoms with Crippen molar-refractivity contribution < 1.29 is 22.5 Å². The second-order valence-corrected chi connectivity index (χ2v) is 10.0. The first kappa shape index (κ1) is 23.8. The van der Waals surface area contributed by atoms with Gasteiger partial charge in [-0.2, -0.15) is 4.31 Å². The number of piperidine rings is 1. The summed E-state index contributed by atoms with van der Waals surface area (Å²) >= 11 is 0. The fourth-order valence-corrected chi connectivity index (χ4v) is 5.45. The lowest BCUT2D eigenvalue weighted by Crippen LogP contribution is -2.44. The molecule has 2 heterocycles. The van der Waals surface area contributed by atoms with Crippen molar-refractivity contribution >= 4 is 27.7 Å². The van der Waals surface area contributed by atoms with Gasteiger partial charge in [-0.05, 0) is 44.4 Å². The molecule has 1 N–H and O–H groups in total. The van der Waals surface area contributed by atoms with E-state index in [1.54, 1.807) is 37.3 Å². The highest BCUT2D eigenvalue weighted by atomic mass is 32.2. The smallest absolute Gasteiger partial charge is 0.248 e. The summed E-state index contributed by atoms with van der Waals surface area (Å²) in [4.78, 5) is 14.8. The third-order valence-electron chi connectivity index (χ3n) is 5.32. The molecule has 1 fully saturated rings. The maximum atomic E-state index is 13.4. The number of hydrogen-bond acceptors (Lipinski definition) is 7. The van der Waals surface area contributed by atoms with Crippen LogP contribution in [0.3, 0.4) is 0 Å². The number of nitrogens with one attached hydrogen (secondary N) is 1. The van der Waals surface area contributed by atoms with Gasteiger partial charge in [-0.15, -0.1) is 0 Å². The number of carbonyl (C=O) groups excluding carboxylic acids is 1. The Morgan fingerprint density at radius 3 is 2.78 bits per heavy atom. The quantitative estimate of drug-likeness (QED) is 0.674. The molecule has 3 rings (SSSR count). The summed E-state index contributed by atoms with van der Waals surface area (Å²) < 4.78 is 38.8. The molecular weight excluding hydrogens is 432 g/mol. The van der Waals surface area contributed by atoms with E-state index in [0.717, 1.165) is 5.56 Å². The maximum absolute atomic E-state index is 13.4. The Kier molecular flexibility index (Phi) is 7.25. The van der Waals surface area contributed by atoms with Crippen LogP contribution < -0.4 is 10.1 Å². The average Bonchev–Trinajstić information content (AvgIpc) is 3.13. The van der Waals surface area contributed by atoms with E-state index in [0.29, 0.717) is 36.5 Å². The van der Waals surface area contributed by atoms with Crippen molar-refractivity contribution in [1.82, 2.24) is 14.4 Å². The molecule has 10 heteroatoms. The van der Waals surface area contributed by atoms with Crippen LogP contribution in [-0.4, -0.2) is 63.0 Å². The predicted molar refractivity (Wildman–Crippen MR) is 122 cm³/mol. The number of methoxy groups -OCH3 is 1. The Bertz CT molecular complexity index is 1110. The van der Waals surface area contributed by atoms with Crippen LogP contribution in [0.4, 0.5) is 5.69 Å². The number of sulfonamides is 1. The predicted octanol–water partition coefficient (Wildman–Crippen LogP) is 2.87. The van der Waals surface area contributed by atoms with Gasteiger partial charge in [-0.25, -0.2) is 8.42 Å². The first-order valence-corrected chi connectivity index (χ1v) is 11.8. The van der Waals surface area contributed by atoms with E-state index in [1.807, 2.05) is 33.2 Å². The van der Waals surface area contributed by atoms with E-state index in [-0.39, 0.29) is 23.1 Å². The normalized spacial score (nSPS) is 17.5. The monoisotopic (exact) mass is 462 g/mol. The van der Waals surface area contributed by atoms with Crippen molar-refractivity contribution in [2.24, 2.45) is 5.92 Å². The number of rotatable bonds is 7. The van der Waals surface area contributed by atoms with E-state index in [9.17, 15) is 13.2 Å². The van der Waals surface area contributed by atoms with Crippen molar-refractivity contribution in [1.29, 1.82) is 0 Å². The summed E-state index contributed by atoms with van der Waals surface area (Å²) in [7, 11) is 1.31. The van der Waals surface area contributed by atoms with Crippen LogP contribution in [-0.2, 0) is 14.8 Å². The molecule has 1 atom stereocenters. The molecule has 9 nitrogen and oxygen atoms in total. The highest BCUT2D eigenvalue weighted by molar-refractivity contribution is 7.89. The van der Waals surface area contributed by atoms with Gasteiger partial charge in [0.1, 0.15) is 11.4 Å². The topological polar surface area (TPSA) is 105 Å². The van der Waals surface area contributed by atoms with Crippen LogP contribution in [0.1, 0.15) is 29.9 Å². The summed E-state index contributed by atoms with van der Waals surface area (Å²) in [6, 6.07) is 5.52. The van der Waals surface area contributed by atoms with Crippen LogP contribution in [0.2, 0.25) is 0 Å². The van der Waals surface area contributed by atoms with Crippen LogP contribution >= 0.6 is 0 Å². The number of nitrogens with zero attached hydrogens (tertiary/aromatic N) is 3. The Morgan fingerprint density at radius 1 is 1.34 bits per heavy atom. The van der Waals surface area contributed by atoms with Gasteiger partial charge in [0.15, 0.2) is 10.7 Å². The Hall–Kier alpha value is -2.85. The molecule has 0 saturated carbocycles. The minimum absolute atomic E-state index is 0.0389. The Morgan fingerprint density at radius 2 is 2.09 bits per heavy atom. The number of anilines is 1. The average molecular weight is 463 g/mol. The van der Waals surface area contributed by atoms with Crippen molar-refractivity contribution in [2.75, 3.05) is 39.6 Å². The summed E-state index contributed by atoms with van der Waals surface area (Å²) in [5.74, 6) is 0.0159. The van der Waals surface area contributed by atoms with E-state index in [1.165, 1.54) is 4.31 Å². The molecule has 1 saturated heterocycles. The molecule has 0 radical (unpaired) electrons. The van der Waals surface area contributed by atoms with E-state index in [2.05, 4.69) is 10.5 Å². The van der Waals surface area contributed by atoms with Gasteiger partial charge in [0.25, 0.3) is 0 Å². The number of amides is 1. The third kappa shape index (κ3) is 5.13. The molecule has 1 aliphatic rings. The largest absolute Gasteiger partial charge is 0.495 e. The van der Waals surface area contributed by atoms with E-state index < -0.39 is 15.9 Å². The fraction of sp³-hybridized carbons (Fsp3) is 0.455. The molecule has 0 aliphatic carbocycles. The molecule has 2 aromatic rings. The van der Waals surface area contributed by atoms with Gasteiger partial charge < -0.3 is 19.5 Å². The molecule has 0 bridgehead atoms. The molecule has 0 spiro atoms. The first-order valence-electron chi connectivity index (χ1n) is 10.4. The molecule has 1 aromatic heterocycles. The SMILES string of the molecule is COc1ccc(C)cc1NC(=O)[C@H]1CCCN(S(=O)(=O)c2c(C)noc2/C=C/N(C)C)C1. The molecule has 1 amide bonds. The number of aromatic nitrogens is 1. The second-order valence-electron chi connectivity index (χ2n) is 8.14. The number of ether oxygens (including phenoxy) is 1. The number of hydrogen-bond donors (Lipinski definition) is 1. The van der Waals surface area contributed by atoms with Crippen molar-refractivity contribution in [3.05, 3.63) is 41.4 Å². The van der Waals surface area contributed by atoms with Crippen LogP contribution in [0.15, 0.2) is 33.8 Å². The van der Waals surface area contributed by atoms with Gasteiger partial charge in [-0.1, -0.05) is 11.2 Å². The van der Waals surface area contributed by atoms with Gasteiger partial charge in [0.05, 0.1) is 18.7 Å². The molecule has 1 aromatic carbocycles. The maximum Gasteiger partial charge on any atom is 0.248 e. The van der Waals surface area contributed by atoms with E-state index >= 15 is 0 Å². The van der Waals surface area contributed by atoms with Crippen molar-refractivity contribution in [3.8, 4) is 5.75 Å². The summed E-state index contributed by atoms with van der Waals surface area (Å²) in [5, 5.41) is 6.75. The van der Waals surface area contributed by atoms with Crippen LogP contribution in [0.5, 0.6) is 5.75 Å². The molecule has 32 heavy (non-hydrogen) atoms. The van der Waals surface area contributed by atoms with Gasteiger partial charge in [0, 0.05) is 39.5 Å². The number of carbonyl (C=O) groups is 1. The zero-order valence-corrected chi connectivity index (χ0v) is 19.9. The fourth-order valence-electron chi connectivity index (χ4n) is 3.67. The molecule has 0 unspecified atom stereocenters. The van der Waals surface area contributed by atoms with Crippen molar-refractivity contribution in [3.63, 3.8) is 0 Å². The Labute approximate surface area is 189 Å². The Balaban J connectivity index is 1.81. The lowest BCUT2D eigenvalue weighted by Gasteiger charge is -2.31. The summed E-state index contributed by atoms with van der Waals surface area (Å²) in [6.07, 6.45) is 4.45. The zero-order valence-electron chi connectivity index (χ0n) is 19.1. The van der Waals surface area contributed by atoms with Crippen molar-refractivity contribution in [2.45, 2.75) is 31.6 Å². The lowest BCUT2D eigenvalue weighted by atomic mass is 9.98. The second kappa shape index (κ2) is 9.74.